The highest BCUT2D eigenvalue weighted by Crippen LogP contribution is 2.34. The average molecular weight is 1040 g/mol. The number of amides is 2. The smallest absolute Gasteiger partial charge is 0.488 e. The molecule has 16 nitrogen and oxygen atoms in total. The molecule has 0 aliphatic rings. The second kappa shape index (κ2) is 27.9. The highest BCUT2D eigenvalue weighted by atomic mass is 32.2. The number of aromatic hydroxyl groups is 1. The topological polar surface area (TPSA) is 221 Å². The molecule has 0 heterocycles. The minimum absolute atomic E-state index is 0.0155. The predicted octanol–water partition coefficient (Wildman–Crippen LogP) is 7.68. The van der Waals surface area contributed by atoms with Crippen LogP contribution in [0.25, 0.3) is 0 Å². The van der Waals surface area contributed by atoms with Gasteiger partial charge in [0.2, 0.25) is 20.0 Å². The number of hydrogen-bond acceptors (Lipinski definition) is 14. The lowest BCUT2D eigenvalue weighted by atomic mass is 9.81. The molecule has 0 radical (unpaired) electrons. The first kappa shape index (κ1) is 60.0. The molecular formula is C46H61BF2N4O12S4. The largest absolute Gasteiger partial charge is 0.507 e. The molecule has 0 fully saturated rings. The zero-order chi connectivity index (χ0) is 52.2. The number of para-hydroxylation sites is 2. The van der Waals surface area contributed by atoms with Gasteiger partial charge in [0.15, 0.2) is 0 Å². The third kappa shape index (κ3) is 22.9. The van der Waals surface area contributed by atoms with Crippen molar-refractivity contribution in [2.75, 3.05) is 52.8 Å². The van der Waals surface area contributed by atoms with Gasteiger partial charge in [-0.1, -0.05) is 36.4 Å². The van der Waals surface area contributed by atoms with Crippen LogP contribution in [0.1, 0.15) is 41.5 Å². The summed E-state index contributed by atoms with van der Waals surface area (Å²) >= 11 is 2.43. The Morgan fingerprint density at radius 3 is 1.43 bits per heavy atom. The first-order valence-corrected chi connectivity index (χ1v) is 25.7. The Morgan fingerprint density at radius 1 is 0.638 bits per heavy atom. The molecular weight excluding hydrogens is 978 g/mol. The van der Waals surface area contributed by atoms with Crippen molar-refractivity contribution in [3.8, 4) is 17.2 Å². The second-order valence-electron chi connectivity index (χ2n) is 16.7. The number of ether oxygens (including phenoxy) is 3. The molecule has 5 N–H and O–H groups in total. The Labute approximate surface area is 413 Å². The Bertz CT molecular complexity index is 2550. The summed E-state index contributed by atoms with van der Waals surface area (Å²) in [6.45, 7) is 10.6. The Balaban J connectivity index is 0.000000387. The number of phenols is 1. The van der Waals surface area contributed by atoms with E-state index in [1.807, 2.05) is 6.07 Å². The van der Waals surface area contributed by atoms with Gasteiger partial charge in [0, 0.05) is 57.7 Å². The molecule has 2 amide bonds. The van der Waals surface area contributed by atoms with E-state index in [0.717, 1.165) is 8.61 Å². The van der Waals surface area contributed by atoms with Crippen molar-refractivity contribution in [3.63, 3.8) is 0 Å². The number of hydrogen-bond donors (Lipinski definition) is 5. The Morgan fingerprint density at radius 2 is 1.03 bits per heavy atom. The first-order chi connectivity index (χ1) is 32.0. The predicted molar refractivity (Wildman–Crippen MR) is 267 cm³/mol. The molecule has 23 heteroatoms. The number of thioether (sulfide) groups is 2. The van der Waals surface area contributed by atoms with E-state index >= 15 is 0 Å². The van der Waals surface area contributed by atoms with Gasteiger partial charge in [0.05, 0.1) is 14.7 Å². The third-order valence-electron chi connectivity index (χ3n) is 8.17. The first-order valence-electron chi connectivity index (χ1n) is 20.9. The number of alkyl carbamates (subject to hydrolysis) is 2. The van der Waals surface area contributed by atoms with Crippen LogP contribution >= 0.6 is 23.5 Å². The summed E-state index contributed by atoms with van der Waals surface area (Å²) in [6, 6.07) is 25.4. The average Bonchev–Trinajstić information content (AvgIpc) is 3.25. The van der Waals surface area contributed by atoms with E-state index in [0.29, 0.717) is 21.3 Å². The van der Waals surface area contributed by atoms with E-state index in [9.17, 15) is 40.3 Å². The van der Waals surface area contributed by atoms with Crippen molar-refractivity contribution in [2.45, 2.75) is 72.3 Å². The van der Waals surface area contributed by atoms with Gasteiger partial charge >= 0.3 is 19.3 Å². The molecule has 0 saturated carbocycles. The van der Waals surface area contributed by atoms with Crippen LogP contribution < -0.4 is 20.8 Å². The molecule has 378 valence electrons. The Kier molecular flexibility index (Phi) is 24.3. The van der Waals surface area contributed by atoms with Crippen LogP contribution in [0.5, 0.6) is 17.2 Å². The van der Waals surface area contributed by atoms with Crippen molar-refractivity contribution in [3.05, 3.63) is 121 Å². The number of carbonyl (C=O) groups excluding carboxylic acids is 2. The monoisotopic (exact) mass is 1040 g/mol. The van der Waals surface area contributed by atoms with Crippen LogP contribution in [0.15, 0.2) is 140 Å². The summed E-state index contributed by atoms with van der Waals surface area (Å²) in [4.78, 5) is 24.6. The minimum Gasteiger partial charge on any atom is -0.507 e. The van der Waals surface area contributed by atoms with E-state index in [4.69, 9.17) is 24.3 Å². The molecule has 0 aliphatic carbocycles. The van der Waals surface area contributed by atoms with E-state index in [2.05, 4.69) is 10.6 Å². The van der Waals surface area contributed by atoms with Gasteiger partial charge < -0.3 is 40.0 Å². The molecule has 0 spiro atoms. The van der Waals surface area contributed by atoms with Gasteiger partial charge in [-0.25, -0.2) is 43.8 Å². The molecule has 4 aromatic rings. The highest BCUT2D eigenvalue weighted by Gasteiger charge is 2.20. The summed E-state index contributed by atoms with van der Waals surface area (Å²) in [6.07, 6.45) is 1.36. The number of benzene rings is 4. The number of halogens is 2. The van der Waals surface area contributed by atoms with Gasteiger partial charge in [-0.3, -0.25) is 0 Å². The summed E-state index contributed by atoms with van der Waals surface area (Å²) in [7, 11) is -2.75. The number of sulfonamides is 2. The van der Waals surface area contributed by atoms with Crippen molar-refractivity contribution in [2.24, 2.45) is 0 Å². The van der Waals surface area contributed by atoms with Crippen LogP contribution in [0.4, 0.5) is 18.4 Å². The highest BCUT2D eigenvalue weighted by molar-refractivity contribution is 7.99. The second-order valence-corrected chi connectivity index (χ2v) is 23.0. The molecule has 0 aromatic heterocycles. The van der Waals surface area contributed by atoms with Crippen LogP contribution in [-0.4, -0.2) is 124 Å². The number of rotatable bonds is 17. The van der Waals surface area contributed by atoms with Gasteiger partial charge in [0.1, 0.15) is 40.1 Å². The van der Waals surface area contributed by atoms with Crippen molar-refractivity contribution in [1.82, 2.24) is 19.2 Å². The molecule has 0 unspecified atom stereocenters. The standard InChI is InChI=1S/C23H29FN2O5S2.C15H20FNO3S.C8H12BNO4S/c1-23(2,3)31-22(27)25-15-14-17(24)16-32-21-9-7-6-8-20(21)30-18-10-12-19(13-11-18)33(28,29)26(4)5;1-15(2,3)20-14(19)17-9-8-11(16)10-21-13-7-5-4-6-12(13)18;1-10(2)15(13,14)8-5-3-7(4-6-8)9(11)12/h6-14H,15-16H2,1-5H3,(H,25,27);4-8,18H,9-10H2,1-3H3,(H,17,19);3-6,11-12H,1-2H3/b17-14-;11-8-;. The number of nitrogens with one attached hydrogen (secondary N) is 2. The molecule has 0 saturated heterocycles. The van der Waals surface area contributed by atoms with E-state index in [1.165, 1.54) is 100 Å². The van der Waals surface area contributed by atoms with Gasteiger partial charge in [0.25, 0.3) is 0 Å². The maximum absolute atomic E-state index is 14.2. The van der Waals surface area contributed by atoms with Crippen LogP contribution in [0, 0.1) is 0 Å². The molecule has 0 bridgehead atoms. The van der Waals surface area contributed by atoms with Crippen molar-refractivity contribution >= 4 is 68.3 Å². The Hall–Kier alpha value is -5.14. The maximum atomic E-state index is 14.2. The quantitative estimate of drug-likeness (QED) is 0.0506. The zero-order valence-corrected chi connectivity index (χ0v) is 43.4. The molecule has 69 heavy (non-hydrogen) atoms. The van der Waals surface area contributed by atoms with E-state index < -0.39 is 56.4 Å². The summed E-state index contributed by atoms with van der Waals surface area (Å²) in [5, 5.41) is 32.1. The number of carbonyl (C=O) groups is 2. The third-order valence-corrected chi connectivity index (χ3v) is 14.0. The molecule has 4 aromatic carbocycles. The number of phenolic OH excluding ortho intramolecular Hbond substituents is 1. The summed E-state index contributed by atoms with van der Waals surface area (Å²) in [5.41, 5.74) is -0.937. The van der Waals surface area contributed by atoms with Gasteiger partial charge in [-0.15, -0.1) is 23.5 Å². The maximum Gasteiger partial charge on any atom is 0.488 e. The lowest BCUT2D eigenvalue weighted by molar-refractivity contribution is 0.0522. The minimum atomic E-state index is -3.52. The van der Waals surface area contributed by atoms with E-state index in [-0.39, 0.29) is 51.4 Å². The fourth-order valence-corrected chi connectivity index (χ4v) is 8.25. The van der Waals surface area contributed by atoms with E-state index in [1.54, 1.807) is 96.1 Å². The fraction of sp³-hybridized carbons (Fsp3) is 0.348. The SMILES string of the molecule is CC(C)(C)OC(=O)NC/C=C(\F)CSc1ccccc1O.CN(C)S(=O)(=O)c1ccc(B(O)O)cc1.CN(C)S(=O)(=O)c1ccc(Oc2ccccc2SC/C(F)=C/CNC(=O)OC(C)(C)C)cc1. The van der Waals surface area contributed by atoms with Crippen molar-refractivity contribution in [1.29, 1.82) is 0 Å². The van der Waals surface area contributed by atoms with Crippen LogP contribution in [0.2, 0.25) is 0 Å². The van der Waals surface area contributed by atoms with Crippen LogP contribution in [0.3, 0.4) is 0 Å². The van der Waals surface area contributed by atoms with Gasteiger partial charge in [-0.2, -0.15) is 0 Å². The normalized spacial score (nSPS) is 12.2. The molecule has 0 atom stereocenters. The van der Waals surface area contributed by atoms with Crippen LogP contribution in [-0.2, 0) is 29.5 Å². The van der Waals surface area contributed by atoms with Gasteiger partial charge in [-0.05, 0) is 120 Å². The lowest BCUT2D eigenvalue weighted by Crippen LogP contribution is -2.32. The summed E-state index contributed by atoms with van der Waals surface area (Å²) in [5.74, 6) is 0.471. The summed E-state index contributed by atoms with van der Waals surface area (Å²) < 4.78 is 93.6. The molecule has 0 aliphatic heterocycles. The van der Waals surface area contributed by atoms with Crippen molar-refractivity contribution < 1.29 is 64.6 Å². The lowest BCUT2D eigenvalue weighted by Gasteiger charge is -2.19. The fourth-order valence-electron chi connectivity index (χ4n) is 4.80. The zero-order valence-electron chi connectivity index (χ0n) is 40.1. The molecule has 4 rings (SSSR count). The number of nitrogens with zero attached hydrogens (tertiary/aromatic N) is 2.